The lowest BCUT2D eigenvalue weighted by atomic mass is 9.47. The van der Waals surface area contributed by atoms with Gasteiger partial charge in [-0.05, 0) is 72.3 Å². The highest BCUT2D eigenvalue weighted by molar-refractivity contribution is 6.32. The molecule has 2 unspecified atom stereocenters. The number of halogens is 2. The summed E-state index contributed by atoms with van der Waals surface area (Å²) in [6, 6.07) is 30.6. The first-order valence-corrected chi connectivity index (χ1v) is 15.5. The van der Waals surface area contributed by atoms with Crippen LogP contribution in [0.15, 0.2) is 109 Å². The number of anilines is 4. The van der Waals surface area contributed by atoms with Gasteiger partial charge >= 0.3 is 0 Å². The van der Waals surface area contributed by atoms with Crippen LogP contribution in [-0.2, 0) is 19.2 Å². The van der Waals surface area contributed by atoms with Crippen LogP contribution in [-0.4, -0.2) is 29.2 Å². The van der Waals surface area contributed by atoms with Gasteiger partial charge < -0.3 is 4.90 Å². The van der Waals surface area contributed by atoms with Gasteiger partial charge in [-0.3, -0.25) is 19.2 Å². The zero-order chi connectivity index (χ0) is 30.8. The van der Waals surface area contributed by atoms with Crippen LogP contribution in [0.4, 0.5) is 22.7 Å². The number of allylic oxidation sites excluding steroid dienone is 1. The van der Waals surface area contributed by atoms with Crippen LogP contribution in [0.25, 0.3) is 5.57 Å². The van der Waals surface area contributed by atoms with E-state index in [-0.39, 0.29) is 23.6 Å². The number of benzene rings is 4. The number of carbonyl (C=O) groups excluding carboxylic acids is 4. The standard InChI is InChI=1S/C36H23Cl2N3O4/c37-19-10-14-21(15-11-19)39-32(42)28-25-18-26-24-8-4-5-9-27(24)41(23-6-2-1-3-7-23)36(26,30(28)34(39)44)31-29(25)33(43)40(35(31)45)22-16-12-20(38)13-17-22/h1-18,25,28-31H/t25?,28-,29+,30-,31-,36?/m1/s1. The van der Waals surface area contributed by atoms with E-state index in [2.05, 4.69) is 4.90 Å². The van der Waals surface area contributed by atoms with Crippen molar-refractivity contribution in [1.29, 1.82) is 0 Å². The maximum absolute atomic E-state index is 14.9. The summed E-state index contributed by atoms with van der Waals surface area (Å²) < 4.78 is 0. The number of nitrogens with zero attached hydrogens (tertiary/aromatic N) is 3. The lowest BCUT2D eigenvalue weighted by Crippen LogP contribution is -2.68. The van der Waals surface area contributed by atoms with Crippen LogP contribution in [0.2, 0.25) is 10.0 Å². The van der Waals surface area contributed by atoms with Crippen molar-refractivity contribution in [3.8, 4) is 0 Å². The molecule has 2 saturated heterocycles. The second-order valence-electron chi connectivity index (χ2n) is 12.2. The number of carbonyl (C=O) groups is 4. The van der Waals surface area contributed by atoms with Gasteiger partial charge in [0.05, 0.1) is 40.6 Å². The topological polar surface area (TPSA) is 78.0 Å². The molecule has 2 bridgehead atoms. The molecule has 220 valence electrons. The van der Waals surface area contributed by atoms with E-state index in [0.717, 1.165) is 22.5 Å². The molecule has 4 aromatic rings. The highest BCUT2D eigenvalue weighted by Gasteiger charge is 2.80. The van der Waals surface area contributed by atoms with Gasteiger partial charge in [0, 0.05) is 32.9 Å². The van der Waals surface area contributed by atoms with Crippen molar-refractivity contribution in [3.05, 3.63) is 125 Å². The fourth-order valence-electron chi connectivity index (χ4n) is 8.79. The van der Waals surface area contributed by atoms with Crippen molar-refractivity contribution in [1.82, 2.24) is 0 Å². The minimum atomic E-state index is -1.34. The van der Waals surface area contributed by atoms with Gasteiger partial charge in [0.25, 0.3) is 0 Å². The van der Waals surface area contributed by atoms with Crippen LogP contribution < -0.4 is 14.7 Å². The molecule has 4 amide bonds. The average Bonchev–Trinajstić information content (AvgIpc) is 3.62. The molecule has 4 aromatic carbocycles. The molecule has 6 atom stereocenters. The van der Waals surface area contributed by atoms with Crippen molar-refractivity contribution in [2.45, 2.75) is 5.54 Å². The molecule has 3 heterocycles. The Morgan fingerprint density at radius 2 is 1.02 bits per heavy atom. The second kappa shape index (κ2) is 9.16. The van der Waals surface area contributed by atoms with Gasteiger partial charge in [-0.2, -0.15) is 0 Å². The van der Waals surface area contributed by atoms with E-state index in [1.165, 1.54) is 9.80 Å². The number of imide groups is 2. The quantitative estimate of drug-likeness (QED) is 0.241. The molecule has 7 nitrogen and oxygen atoms in total. The van der Waals surface area contributed by atoms with Crippen molar-refractivity contribution in [3.63, 3.8) is 0 Å². The summed E-state index contributed by atoms with van der Waals surface area (Å²) in [5, 5.41) is 0.958. The predicted octanol–water partition coefficient (Wildman–Crippen LogP) is 6.52. The summed E-state index contributed by atoms with van der Waals surface area (Å²) in [4.78, 5) is 63.2. The Balaban J connectivity index is 1.32. The fourth-order valence-corrected chi connectivity index (χ4v) is 9.04. The molecule has 1 saturated carbocycles. The van der Waals surface area contributed by atoms with Crippen molar-refractivity contribution >= 4 is 75.2 Å². The first-order valence-electron chi connectivity index (χ1n) is 14.8. The summed E-state index contributed by atoms with van der Waals surface area (Å²) >= 11 is 12.3. The van der Waals surface area contributed by atoms with E-state index in [1.54, 1.807) is 48.5 Å². The van der Waals surface area contributed by atoms with Gasteiger partial charge in [-0.25, -0.2) is 9.80 Å². The summed E-state index contributed by atoms with van der Waals surface area (Å²) in [5.41, 5.74) is 2.78. The molecule has 6 aliphatic rings. The molecule has 10 rings (SSSR count). The smallest absolute Gasteiger partial charge is 0.240 e. The Labute approximate surface area is 268 Å². The number of rotatable bonds is 3. The molecular weight excluding hydrogens is 609 g/mol. The van der Waals surface area contributed by atoms with E-state index >= 15 is 0 Å². The van der Waals surface area contributed by atoms with Gasteiger partial charge in [-0.15, -0.1) is 0 Å². The Morgan fingerprint density at radius 3 is 1.56 bits per heavy atom. The predicted molar refractivity (Wildman–Crippen MR) is 171 cm³/mol. The summed E-state index contributed by atoms with van der Waals surface area (Å²) in [6.07, 6.45) is 2.01. The zero-order valence-electron chi connectivity index (χ0n) is 23.5. The maximum atomic E-state index is 14.9. The first-order chi connectivity index (χ1) is 21.8. The molecule has 0 aromatic heterocycles. The van der Waals surface area contributed by atoms with Gasteiger partial charge in [-0.1, -0.05) is 65.7 Å². The molecule has 3 fully saturated rings. The first kappa shape index (κ1) is 26.7. The Kier molecular flexibility index (Phi) is 5.43. The Morgan fingerprint density at radius 1 is 0.533 bits per heavy atom. The molecule has 0 N–H and O–H groups in total. The molecule has 3 aliphatic carbocycles. The number of fused-ring (bicyclic) bond motifs is 1. The molecule has 45 heavy (non-hydrogen) atoms. The molecule has 9 heteroatoms. The summed E-state index contributed by atoms with van der Waals surface area (Å²) in [7, 11) is 0. The SMILES string of the molecule is O=C1[C@@H]2C3C=C4c5ccccc5N(c5ccccc5)C4([C@H]2C(=O)N1c1ccc(Cl)cc1)[C@H]1C(=O)N(c2ccc(Cl)cc2)C(=O)[C@@H]31. The van der Waals surface area contributed by atoms with Crippen LogP contribution >= 0.6 is 23.2 Å². The summed E-state index contributed by atoms with van der Waals surface area (Å²) in [5.74, 6) is -5.74. The second-order valence-corrected chi connectivity index (χ2v) is 13.0. The third kappa shape index (κ3) is 3.22. The molecule has 3 aliphatic heterocycles. The van der Waals surface area contributed by atoms with Crippen LogP contribution in [0.3, 0.4) is 0 Å². The third-order valence-electron chi connectivity index (χ3n) is 10.3. The van der Waals surface area contributed by atoms with Crippen molar-refractivity contribution in [2.24, 2.45) is 29.6 Å². The van der Waals surface area contributed by atoms with Gasteiger partial charge in [0.15, 0.2) is 0 Å². The fraction of sp³-hybridized carbons (Fsp3) is 0.167. The van der Waals surface area contributed by atoms with Crippen molar-refractivity contribution in [2.75, 3.05) is 14.7 Å². The van der Waals surface area contributed by atoms with Gasteiger partial charge in [0.2, 0.25) is 23.6 Å². The minimum Gasteiger partial charge on any atom is -0.329 e. The largest absolute Gasteiger partial charge is 0.329 e. The Hall–Kier alpha value is -4.72. The molecule has 0 radical (unpaired) electrons. The third-order valence-corrected chi connectivity index (χ3v) is 10.8. The van der Waals surface area contributed by atoms with E-state index in [0.29, 0.717) is 21.4 Å². The lowest BCUT2D eigenvalue weighted by Gasteiger charge is -2.57. The number of amides is 4. The highest BCUT2D eigenvalue weighted by atomic mass is 35.5. The zero-order valence-corrected chi connectivity index (χ0v) is 25.0. The summed E-state index contributed by atoms with van der Waals surface area (Å²) in [6.45, 7) is 0. The Bertz CT molecular complexity index is 1920. The van der Waals surface area contributed by atoms with Crippen LogP contribution in [0, 0.1) is 29.6 Å². The number of hydrogen-bond acceptors (Lipinski definition) is 5. The van der Waals surface area contributed by atoms with Crippen molar-refractivity contribution < 1.29 is 19.2 Å². The number of para-hydroxylation sites is 2. The average molecular weight is 633 g/mol. The van der Waals surface area contributed by atoms with E-state index in [4.69, 9.17) is 23.2 Å². The molecular formula is C36H23Cl2N3O4. The van der Waals surface area contributed by atoms with Gasteiger partial charge in [0.1, 0.15) is 0 Å². The van der Waals surface area contributed by atoms with E-state index in [9.17, 15) is 19.2 Å². The monoisotopic (exact) mass is 631 g/mol. The normalized spacial score (nSPS) is 29.2. The van der Waals surface area contributed by atoms with Crippen LogP contribution in [0.1, 0.15) is 5.56 Å². The number of hydrogen-bond donors (Lipinski definition) is 0. The lowest BCUT2D eigenvalue weighted by molar-refractivity contribution is -0.138. The van der Waals surface area contributed by atoms with E-state index < -0.39 is 35.1 Å². The minimum absolute atomic E-state index is 0.375. The highest BCUT2D eigenvalue weighted by Crippen LogP contribution is 2.71. The maximum Gasteiger partial charge on any atom is 0.240 e. The molecule has 1 spiro atoms. The van der Waals surface area contributed by atoms with E-state index in [1.807, 2.05) is 60.7 Å². The van der Waals surface area contributed by atoms with Crippen LogP contribution in [0.5, 0.6) is 0 Å².